The van der Waals surface area contributed by atoms with Crippen LogP contribution in [0.15, 0.2) is 12.2 Å². The molecular weight excluding hydrogens is 268 g/mol. The van der Waals surface area contributed by atoms with Gasteiger partial charge in [-0.05, 0) is 38.5 Å². The largest absolute Gasteiger partial charge is 0.462 e. The second-order valence-corrected chi connectivity index (χ2v) is 5.77. The van der Waals surface area contributed by atoms with Crippen molar-refractivity contribution >= 4 is 12.3 Å². The fourth-order valence-corrected chi connectivity index (χ4v) is 2.06. The summed E-state index contributed by atoms with van der Waals surface area (Å²) in [7, 11) is 1.65. The minimum atomic E-state index is -0.313. The van der Waals surface area contributed by atoms with Crippen LogP contribution in [0.5, 0.6) is 0 Å². The van der Waals surface area contributed by atoms with E-state index in [2.05, 4.69) is 13.5 Å². The monoisotopic (exact) mass is 298 g/mol. The summed E-state index contributed by atoms with van der Waals surface area (Å²) < 4.78 is 9.69. The smallest absolute Gasteiger partial charge is 0.333 e. The lowest BCUT2D eigenvalue weighted by Gasteiger charge is -2.21. The zero-order valence-electron chi connectivity index (χ0n) is 13.7. The SMILES string of the molecule is C=C(C)C(=O)OCCCCOC.CC1CCC(C=O)CC1. The fourth-order valence-electron chi connectivity index (χ4n) is 2.06. The van der Waals surface area contributed by atoms with Crippen molar-refractivity contribution in [2.75, 3.05) is 20.3 Å². The third kappa shape index (κ3) is 11.2. The van der Waals surface area contributed by atoms with Gasteiger partial charge < -0.3 is 14.3 Å². The first-order chi connectivity index (χ1) is 10.0. The second kappa shape index (κ2) is 12.6. The zero-order chi connectivity index (χ0) is 16.1. The van der Waals surface area contributed by atoms with Gasteiger partial charge in [0, 0.05) is 25.2 Å². The third-order valence-electron chi connectivity index (χ3n) is 3.58. The third-order valence-corrected chi connectivity index (χ3v) is 3.58. The molecule has 0 spiro atoms. The predicted octanol–water partition coefficient (Wildman–Crippen LogP) is 3.54. The van der Waals surface area contributed by atoms with E-state index in [0.717, 1.165) is 37.9 Å². The maximum absolute atomic E-state index is 10.8. The first-order valence-corrected chi connectivity index (χ1v) is 7.78. The van der Waals surface area contributed by atoms with Crippen LogP contribution < -0.4 is 0 Å². The van der Waals surface area contributed by atoms with E-state index in [9.17, 15) is 9.59 Å². The minimum absolute atomic E-state index is 0.313. The molecule has 0 unspecified atom stereocenters. The Balaban J connectivity index is 0.000000394. The number of esters is 1. The van der Waals surface area contributed by atoms with Crippen molar-refractivity contribution in [1.82, 2.24) is 0 Å². The Bertz CT molecular complexity index is 304. The Morgan fingerprint density at radius 1 is 1.19 bits per heavy atom. The average Bonchev–Trinajstić information content (AvgIpc) is 2.48. The molecule has 0 aromatic heterocycles. The standard InChI is InChI=1S/C9H16O3.C8H14O/c1-8(2)9(10)12-7-5-4-6-11-3;1-7-2-4-8(6-9)5-3-7/h1,4-7H2,2-3H3;6-8H,2-5H2,1H3. The number of hydrogen-bond donors (Lipinski definition) is 0. The van der Waals surface area contributed by atoms with Crippen LogP contribution in [0.25, 0.3) is 0 Å². The van der Waals surface area contributed by atoms with Crippen molar-refractivity contribution in [3.8, 4) is 0 Å². The molecular formula is C17H30O4. The molecule has 4 heteroatoms. The summed E-state index contributed by atoms with van der Waals surface area (Å²) in [5.74, 6) is 0.940. The Morgan fingerprint density at radius 3 is 2.24 bits per heavy atom. The topological polar surface area (TPSA) is 52.6 Å². The first-order valence-electron chi connectivity index (χ1n) is 7.78. The zero-order valence-corrected chi connectivity index (χ0v) is 13.7. The van der Waals surface area contributed by atoms with Gasteiger partial charge in [-0.3, -0.25) is 0 Å². The summed E-state index contributed by atoms with van der Waals surface area (Å²) in [4.78, 5) is 21.1. The Labute approximate surface area is 128 Å². The molecule has 1 aliphatic carbocycles. The molecule has 1 rings (SSSR count). The molecule has 0 aromatic rings. The van der Waals surface area contributed by atoms with Gasteiger partial charge in [0.05, 0.1) is 6.61 Å². The quantitative estimate of drug-likeness (QED) is 0.312. The molecule has 0 heterocycles. The summed E-state index contributed by atoms with van der Waals surface area (Å²) in [6.07, 6.45) is 7.64. The summed E-state index contributed by atoms with van der Waals surface area (Å²) in [6, 6.07) is 0. The maximum atomic E-state index is 10.8. The highest BCUT2D eigenvalue weighted by atomic mass is 16.5. The molecule has 0 amide bonds. The van der Waals surface area contributed by atoms with E-state index in [-0.39, 0.29) is 5.97 Å². The molecule has 0 N–H and O–H groups in total. The number of hydrogen-bond acceptors (Lipinski definition) is 4. The van der Waals surface area contributed by atoms with Crippen LogP contribution in [0.4, 0.5) is 0 Å². The molecule has 1 saturated carbocycles. The van der Waals surface area contributed by atoms with Crippen LogP contribution >= 0.6 is 0 Å². The number of unbranched alkanes of at least 4 members (excludes halogenated alkanes) is 1. The predicted molar refractivity (Wildman–Crippen MR) is 84.1 cm³/mol. The summed E-state index contributed by atoms with van der Waals surface area (Å²) >= 11 is 0. The van der Waals surface area contributed by atoms with Crippen molar-refractivity contribution in [1.29, 1.82) is 0 Å². The highest BCUT2D eigenvalue weighted by Crippen LogP contribution is 2.26. The summed E-state index contributed by atoms with van der Waals surface area (Å²) in [5.41, 5.74) is 0.446. The van der Waals surface area contributed by atoms with E-state index in [0.29, 0.717) is 24.7 Å². The first kappa shape index (κ1) is 19.8. The molecule has 0 bridgehead atoms. The average molecular weight is 298 g/mol. The second-order valence-electron chi connectivity index (χ2n) is 5.77. The van der Waals surface area contributed by atoms with Crippen LogP contribution in [0, 0.1) is 11.8 Å². The molecule has 4 nitrogen and oxygen atoms in total. The molecule has 122 valence electrons. The lowest BCUT2D eigenvalue weighted by Crippen LogP contribution is -2.12. The van der Waals surface area contributed by atoms with Crippen molar-refractivity contribution in [3.63, 3.8) is 0 Å². The van der Waals surface area contributed by atoms with Gasteiger partial charge in [-0.15, -0.1) is 0 Å². The molecule has 1 fully saturated rings. The van der Waals surface area contributed by atoms with E-state index >= 15 is 0 Å². The van der Waals surface area contributed by atoms with Gasteiger partial charge in [0.25, 0.3) is 0 Å². The molecule has 0 atom stereocenters. The van der Waals surface area contributed by atoms with E-state index in [1.54, 1.807) is 14.0 Å². The van der Waals surface area contributed by atoms with E-state index in [1.165, 1.54) is 12.8 Å². The molecule has 0 radical (unpaired) electrons. The number of methoxy groups -OCH3 is 1. The molecule has 1 aliphatic rings. The van der Waals surface area contributed by atoms with Crippen LogP contribution in [0.2, 0.25) is 0 Å². The van der Waals surface area contributed by atoms with Gasteiger partial charge in [0.1, 0.15) is 6.29 Å². The molecule has 0 saturated heterocycles. The summed E-state index contributed by atoms with van der Waals surface area (Å²) in [5, 5.41) is 0. The van der Waals surface area contributed by atoms with Gasteiger partial charge in [-0.2, -0.15) is 0 Å². The lowest BCUT2D eigenvalue weighted by atomic mass is 9.84. The molecule has 21 heavy (non-hydrogen) atoms. The maximum Gasteiger partial charge on any atom is 0.333 e. The van der Waals surface area contributed by atoms with Crippen LogP contribution in [-0.2, 0) is 19.1 Å². The number of carbonyl (C=O) groups excluding carboxylic acids is 2. The normalized spacial score (nSPS) is 20.9. The van der Waals surface area contributed by atoms with Gasteiger partial charge in [-0.25, -0.2) is 4.79 Å². The number of aldehydes is 1. The van der Waals surface area contributed by atoms with Crippen LogP contribution in [0.1, 0.15) is 52.4 Å². The van der Waals surface area contributed by atoms with Gasteiger partial charge >= 0.3 is 5.97 Å². The summed E-state index contributed by atoms with van der Waals surface area (Å²) in [6.45, 7) is 8.54. The highest BCUT2D eigenvalue weighted by Gasteiger charge is 2.16. The fraction of sp³-hybridized carbons (Fsp3) is 0.765. The van der Waals surface area contributed by atoms with E-state index in [4.69, 9.17) is 9.47 Å². The Hall–Kier alpha value is -1.16. The van der Waals surface area contributed by atoms with Crippen LogP contribution in [-0.4, -0.2) is 32.6 Å². The number of ether oxygens (including phenoxy) is 2. The van der Waals surface area contributed by atoms with E-state index < -0.39 is 0 Å². The van der Waals surface area contributed by atoms with Crippen LogP contribution in [0.3, 0.4) is 0 Å². The van der Waals surface area contributed by atoms with Gasteiger partial charge in [0.15, 0.2) is 0 Å². The highest BCUT2D eigenvalue weighted by molar-refractivity contribution is 5.86. The Morgan fingerprint density at radius 2 is 1.76 bits per heavy atom. The van der Waals surface area contributed by atoms with Crippen molar-refractivity contribution < 1.29 is 19.1 Å². The Kier molecular flexibility index (Phi) is 11.9. The van der Waals surface area contributed by atoms with Gasteiger partial charge in [-0.1, -0.05) is 26.3 Å². The van der Waals surface area contributed by atoms with E-state index in [1.807, 2.05) is 0 Å². The van der Waals surface area contributed by atoms with Gasteiger partial charge in [0.2, 0.25) is 0 Å². The molecule has 0 aromatic carbocycles. The number of rotatable bonds is 7. The van der Waals surface area contributed by atoms with Crippen molar-refractivity contribution in [2.24, 2.45) is 11.8 Å². The van der Waals surface area contributed by atoms with Crippen molar-refractivity contribution in [3.05, 3.63) is 12.2 Å². The molecule has 0 aliphatic heterocycles. The number of carbonyl (C=O) groups is 2. The minimum Gasteiger partial charge on any atom is -0.462 e. The van der Waals surface area contributed by atoms with Crippen molar-refractivity contribution in [2.45, 2.75) is 52.4 Å². The lowest BCUT2D eigenvalue weighted by molar-refractivity contribution is -0.139.